The highest BCUT2D eigenvalue weighted by Crippen LogP contribution is 2.42. The number of carbonyl (C=O) groups excluding carboxylic acids is 1. The Balaban J connectivity index is 2.02. The number of fused-ring (bicyclic) bond motifs is 1. The number of nitro groups is 1. The Morgan fingerprint density at radius 3 is 2.74 bits per heavy atom. The number of nitrogens with zero attached hydrogens (tertiary/aromatic N) is 1. The summed E-state index contributed by atoms with van der Waals surface area (Å²) >= 11 is 0. The molecule has 19 heavy (non-hydrogen) atoms. The molecule has 0 radical (unpaired) electrons. The van der Waals surface area contributed by atoms with Crippen molar-refractivity contribution >= 4 is 23.0 Å². The Kier molecular flexibility index (Phi) is 2.48. The molecule has 0 spiro atoms. The Morgan fingerprint density at radius 2 is 2.11 bits per heavy atom. The van der Waals surface area contributed by atoms with Gasteiger partial charge in [-0.2, -0.15) is 0 Å². The molecule has 2 aliphatic rings. The van der Waals surface area contributed by atoms with Crippen LogP contribution >= 0.6 is 0 Å². The summed E-state index contributed by atoms with van der Waals surface area (Å²) in [6.45, 7) is 2.04. The van der Waals surface area contributed by atoms with Gasteiger partial charge in [0.05, 0.1) is 4.92 Å². The molecule has 2 N–H and O–H groups in total. The lowest BCUT2D eigenvalue weighted by Crippen LogP contribution is -2.21. The van der Waals surface area contributed by atoms with E-state index in [0.717, 1.165) is 18.4 Å². The quantitative estimate of drug-likeness (QED) is 0.646. The summed E-state index contributed by atoms with van der Waals surface area (Å²) in [4.78, 5) is 22.2. The zero-order valence-electron chi connectivity index (χ0n) is 10.7. The van der Waals surface area contributed by atoms with Crippen LogP contribution in [-0.2, 0) is 11.2 Å². The van der Waals surface area contributed by atoms with E-state index in [1.165, 1.54) is 0 Å². The average Bonchev–Trinajstić information content (AvgIpc) is 3.05. The van der Waals surface area contributed by atoms with Crippen molar-refractivity contribution in [1.29, 1.82) is 0 Å². The summed E-state index contributed by atoms with van der Waals surface area (Å²) in [7, 11) is 0. The smallest absolute Gasteiger partial charge is 0.292 e. The van der Waals surface area contributed by atoms with Crippen LogP contribution < -0.4 is 10.6 Å². The normalized spacial score (nSPS) is 19.3. The van der Waals surface area contributed by atoms with Crippen LogP contribution in [0.2, 0.25) is 0 Å². The Labute approximate surface area is 110 Å². The summed E-state index contributed by atoms with van der Waals surface area (Å²) < 4.78 is 0. The molecule has 0 saturated heterocycles. The van der Waals surface area contributed by atoms with Gasteiger partial charge < -0.3 is 10.6 Å². The monoisotopic (exact) mass is 261 g/mol. The van der Waals surface area contributed by atoms with Crippen LogP contribution in [-0.4, -0.2) is 16.4 Å². The number of anilines is 2. The van der Waals surface area contributed by atoms with Gasteiger partial charge in [-0.25, -0.2) is 0 Å². The largest absolute Gasteiger partial charge is 0.374 e. The number of aryl methyl sites for hydroxylation is 1. The van der Waals surface area contributed by atoms with E-state index < -0.39 is 0 Å². The van der Waals surface area contributed by atoms with Crippen molar-refractivity contribution in [2.24, 2.45) is 0 Å². The molecule has 0 atom stereocenters. The van der Waals surface area contributed by atoms with E-state index in [1.54, 1.807) is 12.1 Å². The molecule has 0 bridgehead atoms. The van der Waals surface area contributed by atoms with Crippen LogP contribution in [0.1, 0.15) is 31.7 Å². The fourth-order valence-corrected chi connectivity index (χ4v) is 2.30. The van der Waals surface area contributed by atoms with Crippen molar-refractivity contribution in [3.63, 3.8) is 0 Å². The molecule has 3 rings (SSSR count). The minimum atomic E-state index is -0.370. The van der Waals surface area contributed by atoms with Gasteiger partial charge in [-0.15, -0.1) is 0 Å². The number of amides is 1. The predicted octanol–water partition coefficient (Wildman–Crippen LogP) is 2.44. The van der Waals surface area contributed by atoms with Crippen molar-refractivity contribution in [3.8, 4) is 0 Å². The van der Waals surface area contributed by atoms with E-state index >= 15 is 0 Å². The lowest BCUT2D eigenvalue weighted by Gasteiger charge is -2.20. The van der Waals surface area contributed by atoms with Gasteiger partial charge in [-0.05, 0) is 37.8 Å². The molecule has 1 aliphatic heterocycles. The molecule has 0 aromatic heterocycles. The molecule has 6 nitrogen and oxygen atoms in total. The van der Waals surface area contributed by atoms with Gasteiger partial charge in [0.25, 0.3) is 5.69 Å². The van der Waals surface area contributed by atoms with Gasteiger partial charge in [0.15, 0.2) is 0 Å². The molecule has 100 valence electrons. The fourth-order valence-electron chi connectivity index (χ4n) is 2.30. The molecule has 1 fully saturated rings. The first-order valence-electron chi connectivity index (χ1n) is 6.36. The number of rotatable bonds is 3. The minimum Gasteiger partial charge on any atom is -0.374 e. The highest BCUT2D eigenvalue weighted by atomic mass is 16.6. The number of carbonyl (C=O) groups is 1. The topological polar surface area (TPSA) is 84.3 Å². The van der Waals surface area contributed by atoms with Crippen molar-refractivity contribution < 1.29 is 9.72 Å². The second-order valence-corrected chi connectivity index (χ2v) is 5.52. The summed E-state index contributed by atoms with van der Waals surface area (Å²) in [5.41, 5.74) is 2.05. The zero-order chi connectivity index (χ0) is 13.6. The summed E-state index contributed by atoms with van der Waals surface area (Å²) in [6, 6.07) is 3.26. The number of hydrogen-bond acceptors (Lipinski definition) is 4. The van der Waals surface area contributed by atoms with Crippen molar-refractivity contribution in [2.75, 3.05) is 10.6 Å². The molecule has 0 unspecified atom stereocenters. The van der Waals surface area contributed by atoms with Crippen LogP contribution in [0.3, 0.4) is 0 Å². The molecule has 1 aliphatic carbocycles. The molecule has 1 heterocycles. The highest BCUT2D eigenvalue weighted by molar-refractivity contribution is 5.95. The second kappa shape index (κ2) is 3.94. The van der Waals surface area contributed by atoms with E-state index in [4.69, 9.17) is 0 Å². The van der Waals surface area contributed by atoms with Crippen LogP contribution in [0.25, 0.3) is 0 Å². The SMILES string of the molecule is CC1(Nc2cc3c(cc2[N+](=O)[O-])CCC(=O)N3)CC1. The predicted molar refractivity (Wildman–Crippen MR) is 71.3 cm³/mol. The summed E-state index contributed by atoms with van der Waals surface area (Å²) in [5.74, 6) is -0.0371. The number of benzene rings is 1. The van der Waals surface area contributed by atoms with Gasteiger partial charge in [-0.1, -0.05) is 0 Å². The van der Waals surface area contributed by atoms with Gasteiger partial charge >= 0.3 is 0 Å². The van der Waals surface area contributed by atoms with Gasteiger partial charge in [0.1, 0.15) is 5.69 Å². The third-order valence-electron chi connectivity index (χ3n) is 3.75. The first kappa shape index (κ1) is 12.0. The average molecular weight is 261 g/mol. The maximum Gasteiger partial charge on any atom is 0.292 e. The minimum absolute atomic E-state index is 0.0371. The van der Waals surface area contributed by atoms with E-state index in [1.807, 2.05) is 6.92 Å². The van der Waals surface area contributed by atoms with Gasteiger partial charge in [0, 0.05) is 23.7 Å². The van der Waals surface area contributed by atoms with Gasteiger partial charge in [-0.3, -0.25) is 14.9 Å². The van der Waals surface area contributed by atoms with Crippen LogP contribution in [0.5, 0.6) is 0 Å². The lowest BCUT2D eigenvalue weighted by molar-refractivity contribution is -0.384. The zero-order valence-corrected chi connectivity index (χ0v) is 10.7. The van der Waals surface area contributed by atoms with Crippen LogP contribution in [0.4, 0.5) is 17.1 Å². The van der Waals surface area contributed by atoms with Crippen molar-refractivity contribution in [3.05, 3.63) is 27.8 Å². The third kappa shape index (κ3) is 2.25. The van der Waals surface area contributed by atoms with Crippen molar-refractivity contribution in [1.82, 2.24) is 0 Å². The van der Waals surface area contributed by atoms with Crippen molar-refractivity contribution in [2.45, 2.75) is 38.1 Å². The maximum absolute atomic E-state index is 11.4. The second-order valence-electron chi connectivity index (χ2n) is 5.52. The molecule has 1 amide bonds. The molecule has 1 saturated carbocycles. The maximum atomic E-state index is 11.4. The molecule has 1 aromatic carbocycles. The first-order valence-corrected chi connectivity index (χ1v) is 6.36. The first-order chi connectivity index (χ1) is 8.97. The molecule has 1 aromatic rings. The summed E-state index contributed by atoms with van der Waals surface area (Å²) in [6.07, 6.45) is 2.95. The summed E-state index contributed by atoms with van der Waals surface area (Å²) in [5, 5.41) is 17.1. The van der Waals surface area contributed by atoms with E-state index in [9.17, 15) is 14.9 Å². The lowest BCUT2D eigenvalue weighted by atomic mass is 10.0. The van der Waals surface area contributed by atoms with E-state index in [2.05, 4.69) is 10.6 Å². The molecular formula is C13H15N3O3. The number of nitro benzene ring substituents is 1. The van der Waals surface area contributed by atoms with Gasteiger partial charge in [0.2, 0.25) is 5.91 Å². The molecular weight excluding hydrogens is 246 g/mol. The Morgan fingerprint density at radius 1 is 1.37 bits per heavy atom. The third-order valence-corrected chi connectivity index (χ3v) is 3.75. The Bertz CT molecular complexity index is 579. The standard InChI is InChI=1S/C13H15N3O3/c1-13(4-5-13)15-10-7-9-8(2-3-12(17)14-9)6-11(10)16(18)19/h6-7,15H,2-5H2,1H3,(H,14,17). The Hall–Kier alpha value is -2.11. The van der Waals surface area contributed by atoms with Crippen LogP contribution in [0.15, 0.2) is 12.1 Å². The van der Waals surface area contributed by atoms with E-state index in [0.29, 0.717) is 24.2 Å². The fraction of sp³-hybridized carbons (Fsp3) is 0.462. The molecule has 6 heteroatoms. The number of hydrogen-bond donors (Lipinski definition) is 2. The highest BCUT2D eigenvalue weighted by Gasteiger charge is 2.39. The van der Waals surface area contributed by atoms with E-state index in [-0.39, 0.29) is 22.1 Å². The van der Waals surface area contributed by atoms with Crippen LogP contribution in [0, 0.1) is 10.1 Å². The number of nitrogens with one attached hydrogen (secondary N) is 2.